The first-order chi connectivity index (χ1) is 16.6. The molecule has 0 fully saturated rings. The number of aliphatic imine (C=N–C) groups is 1. The van der Waals surface area contributed by atoms with Crippen LogP contribution in [0.3, 0.4) is 0 Å². The summed E-state index contributed by atoms with van der Waals surface area (Å²) in [6.45, 7) is 6.25. The number of nitrogens with two attached hydrogens (primary N) is 1. The summed E-state index contributed by atoms with van der Waals surface area (Å²) in [5.74, 6) is -0.523. The number of hydrogen-bond donors (Lipinski definition) is 3. The van der Waals surface area contributed by atoms with Crippen molar-refractivity contribution in [1.29, 1.82) is 5.41 Å². The van der Waals surface area contributed by atoms with Crippen LogP contribution in [-0.4, -0.2) is 49.3 Å². The number of carbonyl (C=O) groups is 1. The molecule has 6 N–H and O–H groups in total. The molecule has 10 nitrogen and oxygen atoms in total. The summed E-state index contributed by atoms with van der Waals surface area (Å²) >= 11 is 0. The van der Waals surface area contributed by atoms with Crippen molar-refractivity contribution in [3.63, 3.8) is 0 Å². The van der Waals surface area contributed by atoms with Crippen molar-refractivity contribution < 1.29 is 9.90 Å². The van der Waals surface area contributed by atoms with E-state index in [1.165, 1.54) is 7.05 Å². The van der Waals surface area contributed by atoms with Gasteiger partial charge >= 0.3 is 11.8 Å². The fourth-order valence-corrected chi connectivity index (χ4v) is 3.83. The molecule has 1 amide bonds. The summed E-state index contributed by atoms with van der Waals surface area (Å²) in [6, 6.07) is 13.2. The molecule has 35 heavy (non-hydrogen) atoms. The van der Waals surface area contributed by atoms with Crippen molar-refractivity contribution in [2.24, 2.45) is 4.99 Å². The van der Waals surface area contributed by atoms with E-state index in [0.29, 0.717) is 17.0 Å². The van der Waals surface area contributed by atoms with Gasteiger partial charge in [0, 0.05) is 41.7 Å². The number of hydrogen-bond acceptors (Lipinski definition) is 6. The van der Waals surface area contributed by atoms with Gasteiger partial charge in [0.1, 0.15) is 5.82 Å². The Kier molecular flexibility index (Phi) is 6.04. The Balaban J connectivity index is 1.90. The van der Waals surface area contributed by atoms with Crippen LogP contribution in [0.25, 0.3) is 33.5 Å². The number of aromatic nitrogens is 4. The predicted octanol–water partition coefficient (Wildman–Crippen LogP) is 2.69. The normalized spacial score (nSPS) is 12.1. The topological polar surface area (TPSA) is 158 Å². The molecule has 0 atom stereocenters. The number of nitrogens with one attached hydrogen (secondary N) is 2. The van der Waals surface area contributed by atoms with E-state index >= 15 is 0 Å². The maximum absolute atomic E-state index is 11.7. The lowest BCUT2D eigenvalue weighted by molar-refractivity contribution is -0.115. The first-order valence-corrected chi connectivity index (χ1v) is 10.9. The van der Waals surface area contributed by atoms with Gasteiger partial charge in [-0.25, -0.2) is 15.0 Å². The summed E-state index contributed by atoms with van der Waals surface area (Å²) in [6.07, 6.45) is 3.34. The van der Waals surface area contributed by atoms with E-state index in [1.54, 1.807) is 24.5 Å². The van der Waals surface area contributed by atoms with Crippen LogP contribution in [0, 0.1) is 5.41 Å². The van der Waals surface area contributed by atoms with Crippen LogP contribution in [0.5, 0.6) is 0 Å². The molecule has 0 spiro atoms. The number of nitrogens with zero attached hydrogens (tertiary/aromatic N) is 5. The lowest BCUT2D eigenvalue weighted by Crippen LogP contribution is -2.28. The minimum absolute atomic E-state index is 0.193. The molecule has 0 unspecified atom stereocenters. The number of fused-ring (bicyclic) bond motifs is 1. The third kappa shape index (κ3) is 4.58. The van der Waals surface area contributed by atoms with Crippen LogP contribution in [0.2, 0.25) is 0 Å². The molecule has 0 radical (unpaired) electrons. The van der Waals surface area contributed by atoms with Gasteiger partial charge in [-0.3, -0.25) is 10.2 Å². The van der Waals surface area contributed by atoms with Gasteiger partial charge in [0.25, 0.3) is 0 Å². The van der Waals surface area contributed by atoms with E-state index in [1.807, 2.05) is 30.3 Å². The second-order valence-electron chi connectivity index (χ2n) is 8.91. The highest BCUT2D eigenvalue weighted by molar-refractivity contribution is 6.36. The quantitative estimate of drug-likeness (QED) is 0.238. The molecule has 4 aromatic rings. The zero-order chi connectivity index (χ0) is 25.3. The maximum atomic E-state index is 11.7. The van der Waals surface area contributed by atoms with Crippen molar-refractivity contribution in [3.05, 3.63) is 60.4 Å². The average molecular weight is 472 g/mol. The van der Waals surface area contributed by atoms with Crippen molar-refractivity contribution in [3.8, 4) is 22.5 Å². The molecule has 10 heteroatoms. The van der Waals surface area contributed by atoms with Gasteiger partial charge in [-0.2, -0.15) is 0 Å². The van der Waals surface area contributed by atoms with E-state index in [9.17, 15) is 4.79 Å². The number of rotatable bonds is 3. The molecule has 0 bridgehead atoms. The van der Waals surface area contributed by atoms with Gasteiger partial charge in [0.05, 0.1) is 11.0 Å². The monoisotopic (exact) mass is 471 g/mol. The average Bonchev–Trinajstić information content (AvgIpc) is 3.23. The molecule has 178 valence electrons. The standard InChI is InChI=1S/C25H26N8O2/c1-25(2,3)33-19-10-9-14(15-12-29-24(27)30-13-15)11-18(19)31-21(33)17-8-6-5-7-16(17)20(26)32-23(35)22(34)28-4/h5-13H,1-4H3,(H,28,34)(H2,26,32,35)(H2,27,29,30)/p+1. The lowest BCUT2D eigenvalue weighted by atomic mass is 10.0. The van der Waals surface area contributed by atoms with Gasteiger partial charge in [-0.05, 0) is 38.5 Å². The van der Waals surface area contributed by atoms with Crippen LogP contribution in [-0.2, 0) is 10.3 Å². The molecule has 2 aromatic carbocycles. The van der Waals surface area contributed by atoms with Gasteiger partial charge < -0.3 is 20.7 Å². The van der Waals surface area contributed by atoms with E-state index < -0.39 is 11.8 Å². The molecule has 0 saturated carbocycles. The minimum Gasteiger partial charge on any atom is -0.575 e. The summed E-state index contributed by atoms with van der Waals surface area (Å²) in [5.41, 5.74) is 9.84. The zero-order valence-electron chi connectivity index (χ0n) is 19.9. The second-order valence-corrected chi connectivity index (χ2v) is 8.91. The summed E-state index contributed by atoms with van der Waals surface area (Å²) < 4.78 is 2.11. The highest BCUT2D eigenvalue weighted by Gasteiger charge is 2.25. The molecule has 0 saturated heterocycles. The number of nitrogen functional groups attached to an aromatic ring is 1. The zero-order valence-corrected chi connectivity index (χ0v) is 19.9. The van der Waals surface area contributed by atoms with Crippen LogP contribution in [0.1, 0.15) is 26.3 Å². The van der Waals surface area contributed by atoms with E-state index in [0.717, 1.165) is 22.2 Å². The Morgan fingerprint density at radius 3 is 2.46 bits per heavy atom. The number of likely N-dealkylation sites (N-methyl/N-ethyl adjacent to an activating group) is 1. The van der Waals surface area contributed by atoms with Crippen molar-refractivity contribution in [1.82, 2.24) is 24.8 Å². The van der Waals surface area contributed by atoms with E-state index in [2.05, 4.69) is 45.6 Å². The Morgan fingerprint density at radius 1 is 1.11 bits per heavy atom. The van der Waals surface area contributed by atoms with Crippen molar-refractivity contribution in [2.45, 2.75) is 26.3 Å². The fourth-order valence-electron chi connectivity index (χ4n) is 3.83. The van der Waals surface area contributed by atoms with Crippen LogP contribution < -0.4 is 11.1 Å². The Morgan fingerprint density at radius 2 is 1.80 bits per heavy atom. The number of amidine groups is 1. The highest BCUT2D eigenvalue weighted by atomic mass is 16.3. The third-order valence-electron chi connectivity index (χ3n) is 5.42. The Hall–Kier alpha value is -4.60. The Labute approximate surface area is 202 Å². The van der Waals surface area contributed by atoms with Crippen LogP contribution in [0.15, 0.2) is 59.9 Å². The number of carbonyl (C=O) groups excluding carboxylic acids is 1. The van der Waals surface area contributed by atoms with Gasteiger partial charge in [-0.1, -0.05) is 30.3 Å². The first-order valence-electron chi connectivity index (χ1n) is 10.9. The van der Waals surface area contributed by atoms with Gasteiger partial charge in [0.2, 0.25) is 5.95 Å². The smallest absolute Gasteiger partial charge is 0.426 e. The Bertz CT molecular complexity index is 1460. The van der Waals surface area contributed by atoms with Crippen LogP contribution >= 0.6 is 0 Å². The second kappa shape index (κ2) is 8.98. The van der Waals surface area contributed by atoms with Crippen molar-refractivity contribution >= 4 is 34.6 Å². The van der Waals surface area contributed by atoms with Gasteiger partial charge in [-0.15, -0.1) is 4.99 Å². The van der Waals surface area contributed by atoms with Crippen LogP contribution in [0.4, 0.5) is 5.95 Å². The highest BCUT2D eigenvalue weighted by Crippen LogP contribution is 2.34. The van der Waals surface area contributed by atoms with Gasteiger partial charge in [0.15, 0.2) is 5.84 Å². The predicted molar refractivity (Wildman–Crippen MR) is 138 cm³/mol. The number of benzene rings is 2. The molecule has 0 aliphatic rings. The summed E-state index contributed by atoms with van der Waals surface area (Å²) in [7, 11) is 1.42. The minimum atomic E-state index is -0.659. The number of amides is 1. The number of imidazole rings is 1. The molecular formula is C25H27N8O2+. The van der Waals surface area contributed by atoms with Crippen molar-refractivity contribution in [2.75, 3.05) is 12.8 Å². The molecule has 2 aromatic heterocycles. The molecule has 0 aliphatic heterocycles. The fraction of sp³-hybridized carbons (Fsp3) is 0.200. The SMILES string of the molecule is CNC(=O)C([OH2+])=NC(=N)c1ccccc1-c1nc2cc(-c3cnc(N)nc3)ccc2n1C(C)(C)C. The van der Waals surface area contributed by atoms with E-state index in [-0.39, 0.29) is 17.3 Å². The molecule has 2 heterocycles. The lowest BCUT2D eigenvalue weighted by Gasteiger charge is -2.25. The molecule has 0 aliphatic carbocycles. The number of anilines is 1. The summed E-state index contributed by atoms with van der Waals surface area (Å²) in [4.78, 5) is 28.8. The first kappa shape index (κ1) is 23.6. The largest absolute Gasteiger partial charge is 0.575 e. The van der Waals surface area contributed by atoms with E-state index in [4.69, 9.17) is 21.2 Å². The maximum Gasteiger partial charge on any atom is 0.426 e. The molecule has 4 rings (SSSR count). The third-order valence-corrected chi connectivity index (χ3v) is 5.42. The summed E-state index contributed by atoms with van der Waals surface area (Å²) in [5, 5.41) is 18.7. The molecular weight excluding hydrogens is 444 g/mol.